The summed E-state index contributed by atoms with van der Waals surface area (Å²) in [4.78, 5) is 14.0. The van der Waals surface area contributed by atoms with Gasteiger partial charge >= 0.3 is 0 Å². The van der Waals surface area contributed by atoms with Crippen molar-refractivity contribution in [1.82, 2.24) is 0 Å². The van der Waals surface area contributed by atoms with Crippen LogP contribution in [0.15, 0.2) is 48.5 Å². The summed E-state index contributed by atoms with van der Waals surface area (Å²) in [5, 5.41) is 24.4. The molecule has 1 heterocycles. The third-order valence-corrected chi connectivity index (χ3v) is 6.79. The van der Waals surface area contributed by atoms with Gasteiger partial charge in [-0.2, -0.15) is 0 Å². The zero-order valence-electron chi connectivity index (χ0n) is 17.4. The number of anilines is 1. The summed E-state index contributed by atoms with van der Waals surface area (Å²) in [6.45, 7) is 1.05. The second kappa shape index (κ2) is 8.66. The largest absolute Gasteiger partial charge is 0.504 e. The molecule has 6 nitrogen and oxygen atoms in total. The monoisotopic (exact) mass is 411 g/mol. The Morgan fingerprint density at radius 2 is 2.00 bits per heavy atom. The smallest absolute Gasteiger partial charge is 0.279 e. The Morgan fingerprint density at radius 3 is 2.77 bits per heavy atom. The number of aliphatic hydroxyl groups is 1. The van der Waals surface area contributed by atoms with Crippen LogP contribution >= 0.6 is 0 Å². The van der Waals surface area contributed by atoms with E-state index in [-0.39, 0.29) is 23.6 Å². The van der Waals surface area contributed by atoms with E-state index in [1.165, 1.54) is 7.11 Å². The molecule has 4 N–H and O–H groups in total. The van der Waals surface area contributed by atoms with Crippen LogP contribution in [0, 0.1) is 5.92 Å². The molecule has 0 aromatic heterocycles. The summed E-state index contributed by atoms with van der Waals surface area (Å²) in [5.41, 5.74) is 1.10. The molecule has 0 bridgehead atoms. The zero-order valence-corrected chi connectivity index (χ0v) is 17.4. The number of rotatable bonds is 5. The molecule has 2 aromatic rings. The van der Waals surface area contributed by atoms with E-state index in [1.54, 1.807) is 6.07 Å². The molecule has 1 aliphatic carbocycles. The Labute approximate surface area is 177 Å². The topological polar surface area (TPSA) is 83.2 Å². The Hall–Kier alpha value is -2.57. The van der Waals surface area contributed by atoms with Crippen molar-refractivity contribution in [2.75, 3.05) is 25.5 Å². The van der Waals surface area contributed by atoms with Gasteiger partial charge in [-0.3, -0.25) is 4.79 Å². The van der Waals surface area contributed by atoms with Crippen molar-refractivity contribution in [3.63, 3.8) is 0 Å². The van der Waals surface area contributed by atoms with Crippen LogP contribution in [-0.2, 0) is 4.79 Å². The van der Waals surface area contributed by atoms with Crippen LogP contribution in [0.5, 0.6) is 11.5 Å². The van der Waals surface area contributed by atoms with E-state index in [0.717, 1.165) is 48.4 Å². The summed E-state index contributed by atoms with van der Waals surface area (Å²) < 4.78 is 5.33. The van der Waals surface area contributed by atoms with Gasteiger partial charge < -0.3 is 25.2 Å². The van der Waals surface area contributed by atoms with Gasteiger partial charge in [0, 0.05) is 23.6 Å². The molecule has 1 unspecified atom stereocenters. The summed E-state index contributed by atoms with van der Waals surface area (Å²) >= 11 is 0. The highest BCUT2D eigenvalue weighted by Crippen LogP contribution is 2.45. The number of benzene rings is 2. The number of fused-ring (bicyclic) bond motifs is 1. The number of amides is 1. The van der Waals surface area contributed by atoms with Crippen molar-refractivity contribution in [3.8, 4) is 11.5 Å². The van der Waals surface area contributed by atoms with Crippen molar-refractivity contribution in [2.45, 2.75) is 43.7 Å². The van der Waals surface area contributed by atoms with Gasteiger partial charge in [-0.15, -0.1) is 0 Å². The van der Waals surface area contributed by atoms with E-state index < -0.39 is 5.60 Å². The van der Waals surface area contributed by atoms with Crippen LogP contribution in [0.3, 0.4) is 0 Å². The molecule has 4 rings (SSSR count). The first-order valence-corrected chi connectivity index (χ1v) is 10.8. The van der Waals surface area contributed by atoms with Crippen molar-refractivity contribution in [3.05, 3.63) is 54.1 Å². The average molecular weight is 412 g/mol. The second-order valence-corrected chi connectivity index (χ2v) is 8.61. The number of piperidine rings is 1. The van der Waals surface area contributed by atoms with Crippen LogP contribution in [-0.4, -0.2) is 41.9 Å². The van der Waals surface area contributed by atoms with Gasteiger partial charge in [0.2, 0.25) is 0 Å². The van der Waals surface area contributed by atoms with Crippen LogP contribution in [0.2, 0.25) is 0 Å². The third kappa shape index (κ3) is 4.16. The van der Waals surface area contributed by atoms with Gasteiger partial charge in [-0.05, 0) is 43.2 Å². The Balaban J connectivity index is 1.62. The number of likely N-dealkylation sites (tertiary alicyclic amines) is 1. The number of quaternary nitrogens is 1. The quantitative estimate of drug-likeness (QED) is 0.608. The molecule has 160 valence electrons. The maximum absolute atomic E-state index is 12.8. The molecular formula is C24H31N2O4+. The molecule has 0 radical (unpaired) electrons. The van der Waals surface area contributed by atoms with Crippen molar-refractivity contribution < 1.29 is 24.6 Å². The normalized spacial score (nSPS) is 28.4. The van der Waals surface area contributed by atoms with Crippen LogP contribution < -0.4 is 15.0 Å². The number of ether oxygens (including phenoxy) is 1. The van der Waals surface area contributed by atoms with Crippen LogP contribution in [0.1, 0.15) is 43.7 Å². The Bertz CT molecular complexity index is 888. The number of carbonyl (C=O) groups is 1. The van der Waals surface area contributed by atoms with Gasteiger partial charge in [0.25, 0.3) is 5.91 Å². The molecular weight excluding hydrogens is 380 g/mol. The van der Waals surface area contributed by atoms with Crippen molar-refractivity contribution in [2.24, 2.45) is 5.92 Å². The molecule has 4 atom stereocenters. The summed E-state index contributed by atoms with van der Waals surface area (Å²) in [6, 6.07) is 14.9. The maximum atomic E-state index is 12.8. The third-order valence-electron chi connectivity index (χ3n) is 6.79. The number of hydrogen-bond donors (Lipinski definition) is 4. The molecule has 1 saturated carbocycles. The lowest BCUT2D eigenvalue weighted by molar-refractivity contribution is -0.937. The van der Waals surface area contributed by atoms with E-state index in [2.05, 4.69) is 5.32 Å². The number of nitrogens with one attached hydrogen (secondary N) is 2. The number of carbonyl (C=O) groups excluding carboxylic acids is 1. The van der Waals surface area contributed by atoms with Gasteiger partial charge in [0.05, 0.1) is 19.3 Å². The van der Waals surface area contributed by atoms with E-state index in [0.29, 0.717) is 18.7 Å². The zero-order chi connectivity index (χ0) is 21.1. The SMILES string of the molecule is COc1cc([C@H]2[C@@H]3CCCC[C@]3(O)CC[NH+]2CC(=O)Nc2ccccc2)ccc1O. The van der Waals surface area contributed by atoms with Crippen molar-refractivity contribution >= 4 is 11.6 Å². The fourth-order valence-corrected chi connectivity index (χ4v) is 5.34. The minimum absolute atomic E-state index is 0.0277. The lowest BCUT2D eigenvalue weighted by Gasteiger charge is -2.50. The van der Waals surface area contributed by atoms with E-state index >= 15 is 0 Å². The number of para-hydroxylation sites is 1. The number of methoxy groups -OCH3 is 1. The predicted octanol–water partition coefficient (Wildman–Crippen LogP) is 2.29. The van der Waals surface area contributed by atoms with Crippen LogP contribution in [0.4, 0.5) is 5.69 Å². The molecule has 30 heavy (non-hydrogen) atoms. The highest BCUT2D eigenvalue weighted by molar-refractivity contribution is 5.91. The molecule has 1 saturated heterocycles. The molecule has 2 aromatic carbocycles. The molecule has 6 heteroatoms. The van der Waals surface area contributed by atoms with Crippen molar-refractivity contribution in [1.29, 1.82) is 0 Å². The van der Waals surface area contributed by atoms with Crippen LogP contribution in [0.25, 0.3) is 0 Å². The highest BCUT2D eigenvalue weighted by atomic mass is 16.5. The van der Waals surface area contributed by atoms with Gasteiger partial charge in [0.15, 0.2) is 18.0 Å². The summed E-state index contributed by atoms with van der Waals surface area (Å²) in [7, 11) is 1.54. The van der Waals surface area contributed by atoms with E-state index in [4.69, 9.17) is 4.74 Å². The Morgan fingerprint density at radius 1 is 1.20 bits per heavy atom. The van der Waals surface area contributed by atoms with E-state index in [1.807, 2.05) is 42.5 Å². The highest BCUT2D eigenvalue weighted by Gasteiger charge is 2.52. The van der Waals surface area contributed by atoms with E-state index in [9.17, 15) is 15.0 Å². The summed E-state index contributed by atoms with van der Waals surface area (Å²) in [5.74, 6) is 0.562. The number of phenolic OH excluding ortho intramolecular Hbond substituents is 1. The van der Waals surface area contributed by atoms with Gasteiger partial charge in [-0.1, -0.05) is 31.0 Å². The molecule has 0 spiro atoms. The second-order valence-electron chi connectivity index (χ2n) is 8.61. The molecule has 2 aliphatic rings. The van der Waals surface area contributed by atoms with Gasteiger partial charge in [0.1, 0.15) is 6.04 Å². The minimum atomic E-state index is -0.687. The number of phenols is 1. The molecule has 1 aliphatic heterocycles. The first-order valence-electron chi connectivity index (χ1n) is 10.8. The number of hydrogen-bond acceptors (Lipinski definition) is 4. The fourth-order valence-electron chi connectivity index (χ4n) is 5.34. The first kappa shape index (κ1) is 20.7. The lowest BCUT2D eigenvalue weighted by Crippen LogP contribution is -3.16. The minimum Gasteiger partial charge on any atom is -0.504 e. The first-order chi connectivity index (χ1) is 14.5. The fraction of sp³-hybridized carbons (Fsp3) is 0.458. The average Bonchev–Trinajstić information content (AvgIpc) is 2.75. The standard InChI is InChI=1S/C24H30N2O4/c1-30-21-15-17(10-11-20(21)27)23-19-9-5-6-12-24(19,29)13-14-26(23)16-22(28)25-18-7-3-2-4-8-18/h2-4,7-8,10-11,15,19,23,27,29H,5-6,9,12-14,16H2,1H3,(H,25,28)/p+1/t19-,23-,24-/m0/s1. The lowest BCUT2D eigenvalue weighted by atomic mass is 9.66. The maximum Gasteiger partial charge on any atom is 0.279 e. The molecule has 1 amide bonds. The Kier molecular flexibility index (Phi) is 5.97. The number of aromatic hydroxyl groups is 1. The molecule has 2 fully saturated rings. The van der Waals surface area contributed by atoms with Gasteiger partial charge in [-0.25, -0.2) is 0 Å². The summed E-state index contributed by atoms with van der Waals surface area (Å²) in [6.07, 6.45) is 4.59. The predicted molar refractivity (Wildman–Crippen MR) is 115 cm³/mol.